The molecule has 1 aromatic heterocycles. The number of aromatic carboxylic acids is 1. The fourth-order valence-electron chi connectivity index (χ4n) is 1.43. The molecule has 0 amide bonds. The van der Waals surface area contributed by atoms with Gasteiger partial charge in [-0.05, 0) is 11.6 Å². The minimum atomic E-state index is -1.15. The van der Waals surface area contributed by atoms with E-state index in [-0.39, 0.29) is 5.56 Å². The van der Waals surface area contributed by atoms with E-state index in [0.29, 0.717) is 12.1 Å². The second kappa shape index (κ2) is 3.96. The average molecular weight is 201 g/mol. The van der Waals surface area contributed by atoms with E-state index in [1.54, 1.807) is 41.3 Å². The van der Waals surface area contributed by atoms with Crippen LogP contribution in [0.25, 0.3) is 0 Å². The summed E-state index contributed by atoms with van der Waals surface area (Å²) in [5.41, 5.74) is 0.911. The predicted molar refractivity (Wildman–Crippen MR) is 52.1 cm³/mol. The number of hydrogen-bond donors (Lipinski definition) is 0. The van der Waals surface area contributed by atoms with E-state index in [0.717, 1.165) is 0 Å². The Bertz CT molecular complexity index is 463. The van der Waals surface area contributed by atoms with E-state index in [4.69, 9.17) is 0 Å². The quantitative estimate of drug-likeness (QED) is 0.717. The summed E-state index contributed by atoms with van der Waals surface area (Å²) in [5, 5.41) is 14.8. The summed E-state index contributed by atoms with van der Waals surface area (Å²) in [5.74, 6) is -1.15. The molecule has 0 unspecified atom stereocenters. The van der Waals surface area contributed by atoms with Crippen LogP contribution < -0.4 is 5.11 Å². The topological polar surface area (TPSA) is 57.9 Å². The van der Waals surface area contributed by atoms with Crippen molar-refractivity contribution in [2.45, 2.75) is 6.54 Å². The van der Waals surface area contributed by atoms with Crippen LogP contribution >= 0.6 is 0 Å². The Kier molecular flexibility index (Phi) is 2.49. The number of carbonyl (C=O) groups is 1. The highest BCUT2D eigenvalue weighted by Crippen LogP contribution is 2.09. The molecule has 1 aromatic carbocycles. The van der Waals surface area contributed by atoms with Gasteiger partial charge >= 0.3 is 0 Å². The number of hydrogen-bond acceptors (Lipinski definition) is 3. The van der Waals surface area contributed by atoms with Crippen molar-refractivity contribution in [2.24, 2.45) is 0 Å². The van der Waals surface area contributed by atoms with Crippen molar-refractivity contribution in [1.82, 2.24) is 9.78 Å². The molecule has 0 aliphatic carbocycles. The molecule has 0 saturated heterocycles. The smallest absolute Gasteiger partial charge is 0.0718 e. The highest BCUT2D eigenvalue weighted by molar-refractivity contribution is 5.87. The first-order valence-corrected chi connectivity index (χ1v) is 4.54. The molecule has 0 N–H and O–H groups in total. The second-order valence-corrected chi connectivity index (χ2v) is 3.15. The highest BCUT2D eigenvalue weighted by Gasteiger charge is 2.02. The normalized spacial score (nSPS) is 10.1. The number of carboxylic acids is 1. The van der Waals surface area contributed by atoms with Gasteiger partial charge in [0.15, 0.2) is 0 Å². The lowest BCUT2D eigenvalue weighted by Crippen LogP contribution is -2.24. The largest absolute Gasteiger partial charge is 0.545 e. The Morgan fingerprint density at radius 3 is 2.80 bits per heavy atom. The molecule has 2 aromatic rings. The van der Waals surface area contributed by atoms with Gasteiger partial charge in [-0.2, -0.15) is 5.10 Å². The second-order valence-electron chi connectivity index (χ2n) is 3.15. The zero-order chi connectivity index (χ0) is 10.7. The molecule has 0 bridgehead atoms. The maximum absolute atomic E-state index is 10.8. The van der Waals surface area contributed by atoms with E-state index in [9.17, 15) is 9.90 Å². The van der Waals surface area contributed by atoms with Gasteiger partial charge in [-0.25, -0.2) is 0 Å². The fraction of sp³-hybridized carbons (Fsp3) is 0.0909. The van der Waals surface area contributed by atoms with Crippen LogP contribution in [0.15, 0.2) is 42.7 Å². The number of carbonyl (C=O) groups excluding carboxylic acids is 1. The number of rotatable bonds is 3. The maximum Gasteiger partial charge on any atom is 0.0718 e. The molecule has 4 heteroatoms. The third-order valence-electron chi connectivity index (χ3n) is 2.13. The lowest BCUT2D eigenvalue weighted by Gasteiger charge is -2.09. The summed E-state index contributed by atoms with van der Waals surface area (Å²) in [6, 6.07) is 8.56. The zero-order valence-corrected chi connectivity index (χ0v) is 7.96. The first-order chi connectivity index (χ1) is 7.27. The van der Waals surface area contributed by atoms with Crippen LogP contribution in [0.4, 0.5) is 0 Å². The van der Waals surface area contributed by atoms with Crippen LogP contribution in [-0.4, -0.2) is 15.7 Å². The average Bonchev–Trinajstić information content (AvgIpc) is 2.71. The van der Waals surface area contributed by atoms with Gasteiger partial charge in [0.1, 0.15) is 0 Å². The predicted octanol–water partition coefficient (Wildman–Crippen LogP) is 0.295. The first-order valence-electron chi connectivity index (χ1n) is 4.54. The molecule has 0 aliphatic heterocycles. The van der Waals surface area contributed by atoms with E-state index in [1.165, 1.54) is 6.07 Å². The standard InChI is InChI=1S/C11H10N2O2/c14-11(15)10-5-2-1-4-9(10)8-13-7-3-6-12-13/h1-7H,8H2,(H,14,15)/p-1. The van der Waals surface area contributed by atoms with E-state index in [2.05, 4.69) is 5.10 Å². The minimum Gasteiger partial charge on any atom is -0.545 e. The molecule has 15 heavy (non-hydrogen) atoms. The summed E-state index contributed by atoms with van der Waals surface area (Å²) in [6.45, 7) is 0.442. The van der Waals surface area contributed by atoms with Gasteiger partial charge in [0.25, 0.3) is 0 Å². The number of carboxylic acid groups (broad SMARTS) is 1. The van der Waals surface area contributed by atoms with Crippen LogP contribution in [0, 0.1) is 0 Å². The SMILES string of the molecule is O=C([O-])c1ccccc1Cn1cccn1. The lowest BCUT2D eigenvalue weighted by atomic mass is 10.1. The van der Waals surface area contributed by atoms with Gasteiger partial charge < -0.3 is 9.90 Å². The van der Waals surface area contributed by atoms with Crippen LogP contribution in [0.1, 0.15) is 15.9 Å². The summed E-state index contributed by atoms with van der Waals surface area (Å²) in [7, 11) is 0. The van der Waals surface area contributed by atoms with Gasteiger partial charge in [-0.1, -0.05) is 24.3 Å². The van der Waals surface area contributed by atoms with Gasteiger partial charge in [0.2, 0.25) is 0 Å². The van der Waals surface area contributed by atoms with Crippen LogP contribution in [0.5, 0.6) is 0 Å². The molecule has 0 aliphatic rings. The van der Waals surface area contributed by atoms with Gasteiger partial charge in [-0.15, -0.1) is 0 Å². The third kappa shape index (κ3) is 2.04. The fourth-order valence-corrected chi connectivity index (χ4v) is 1.43. The molecule has 2 rings (SSSR count). The number of nitrogens with zero attached hydrogens (tertiary/aromatic N) is 2. The van der Waals surface area contributed by atoms with Gasteiger partial charge in [0, 0.05) is 18.0 Å². The molecule has 76 valence electrons. The Labute approximate surface area is 86.8 Å². The molecule has 0 spiro atoms. The first kappa shape index (κ1) is 9.45. The van der Waals surface area contributed by atoms with Gasteiger partial charge in [-0.3, -0.25) is 4.68 Å². The zero-order valence-electron chi connectivity index (χ0n) is 7.96. The molecular weight excluding hydrogens is 192 g/mol. The van der Waals surface area contributed by atoms with Crippen LogP contribution in [0.2, 0.25) is 0 Å². The molecule has 0 fully saturated rings. The third-order valence-corrected chi connectivity index (χ3v) is 2.13. The highest BCUT2D eigenvalue weighted by atomic mass is 16.4. The summed E-state index contributed by atoms with van der Waals surface area (Å²) < 4.78 is 1.67. The van der Waals surface area contributed by atoms with E-state index >= 15 is 0 Å². The van der Waals surface area contributed by atoms with Crippen LogP contribution in [-0.2, 0) is 6.54 Å². The van der Waals surface area contributed by atoms with Crippen molar-refractivity contribution in [1.29, 1.82) is 0 Å². The maximum atomic E-state index is 10.8. The van der Waals surface area contributed by atoms with E-state index < -0.39 is 5.97 Å². The Morgan fingerprint density at radius 1 is 1.33 bits per heavy atom. The molecule has 0 radical (unpaired) electrons. The Balaban J connectivity index is 2.32. The summed E-state index contributed by atoms with van der Waals surface area (Å²) in [6.07, 6.45) is 3.44. The lowest BCUT2D eigenvalue weighted by molar-refractivity contribution is -0.255. The van der Waals surface area contributed by atoms with E-state index in [1.807, 2.05) is 0 Å². The molecule has 0 saturated carbocycles. The Morgan fingerprint density at radius 2 is 2.13 bits per heavy atom. The van der Waals surface area contributed by atoms with Crippen LogP contribution in [0.3, 0.4) is 0 Å². The molecule has 0 atom stereocenters. The summed E-state index contributed by atoms with van der Waals surface area (Å²) in [4.78, 5) is 10.8. The number of aromatic nitrogens is 2. The molecular formula is C11H9N2O2-. The molecule has 1 heterocycles. The minimum absolute atomic E-state index is 0.216. The van der Waals surface area contributed by atoms with Crippen molar-refractivity contribution in [3.8, 4) is 0 Å². The van der Waals surface area contributed by atoms with Crippen molar-refractivity contribution >= 4 is 5.97 Å². The Hall–Kier alpha value is -2.10. The molecule has 4 nitrogen and oxygen atoms in total. The summed E-state index contributed by atoms with van der Waals surface area (Å²) >= 11 is 0. The monoisotopic (exact) mass is 201 g/mol. The van der Waals surface area contributed by atoms with Crippen molar-refractivity contribution in [2.75, 3.05) is 0 Å². The van der Waals surface area contributed by atoms with Gasteiger partial charge in [0.05, 0.1) is 12.5 Å². The van der Waals surface area contributed by atoms with Crippen molar-refractivity contribution < 1.29 is 9.90 Å². The number of benzene rings is 1. The van der Waals surface area contributed by atoms with Crippen molar-refractivity contribution in [3.63, 3.8) is 0 Å². The van der Waals surface area contributed by atoms with Crippen molar-refractivity contribution in [3.05, 3.63) is 53.9 Å².